The number of aromatic nitrogens is 3. The molecule has 2 aromatic carbocycles. The number of fused-ring (bicyclic) bond motifs is 1. The molecular formula is C26H31N7. The molecule has 5 rings (SSSR count). The molecule has 33 heavy (non-hydrogen) atoms. The van der Waals surface area contributed by atoms with E-state index in [0.717, 1.165) is 74.0 Å². The normalized spacial score (nSPS) is 15.1. The van der Waals surface area contributed by atoms with E-state index < -0.39 is 0 Å². The molecule has 4 aromatic rings. The number of anilines is 3. The van der Waals surface area contributed by atoms with Gasteiger partial charge in [-0.05, 0) is 50.3 Å². The summed E-state index contributed by atoms with van der Waals surface area (Å²) in [5.74, 6) is 1.44. The van der Waals surface area contributed by atoms with Crippen molar-refractivity contribution in [1.29, 1.82) is 0 Å². The molecule has 3 N–H and O–H groups in total. The summed E-state index contributed by atoms with van der Waals surface area (Å²) in [6.45, 7) is 6.67. The van der Waals surface area contributed by atoms with Crippen molar-refractivity contribution in [2.75, 3.05) is 56.9 Å². The van der Waals surface area contributed by atoms with Gasteiger partial charge in [0.25, 0.3) is 0 Å². The van der Waals surface area contributed by atoms with Crippen LogP contribution < -0.4 is 10.6 Å². The van der Waals surface area contributed by atoms with Crippen LogP contribution in [0.3, 0.4) is 0 Å². The van der Waals surface area contributed by atoms with Gasteiger partial charge >= 0.3 is 0 Å². The predicted molar refractivity (Wildman–Crippen MR) is 136 cm³/mol. The Kier molecular flexibility index (Phi) is 6.51. The Balaban J connectivity index is 1.18. The Morgan fingerprint density at radius 1 is 0.970 bits per heavy atom. The van der Waals surface area contributed by atoms with Gasteiger partial charge in [0.15, 0.2) is 0 Å². The summed E-state index contributed by atoms with van der Waals surface area (Å²) in [6, 6.07) is 20.7. The van der Waals surface area contributed by atoms with E-state index in [-0.39, 0.29) is 0 Å². The number of hydrogen-bond acceptors (Lipinski definition) is 6. The number of H-pyrrole nitrogens is 1. The smallest absolute Gasteiger partial charge is 0.229 e. The van der Waals surface area contributed by atoms with Gasteiger partial charge in [-0.3, -0.25) is 0 Å². The SMILES string of the molecule is CN1CCN(CCCNc2ccnc(Nc3cccc(-c4cc5ccccc5[nH]4)c3)n2)CC1. The van der Waals surface area contributed by atoms with Crippen LogP contribution >= 0.6 is 0 Å². The van der Waals surface area contributed by atoms with Crippen LogP contribution in [0.2, 0.25) is 0 Å². The Morgan fingerprint density at radius 3 is 2.73 bits per heavy atom. The van der Waals surface area contributed by atoms with Crippen molar-refractivity contribution in [2.24, 2.45) is 0 Å². The maximum Gasteiger partial charge on any atom is 0.229 e. The summed E-state index contributed by atoms with van der Waals surface area (Å²) in [5, 5.41) is 7.99. The van der Waals surface area contributed by atoms with Crippen LogP contribution in [0, 0.1) is 0 Å². The first kappa shape index (κ1) is 21.4. The molecule has 0 bridgehead atoms. The lowest BCUT2D eigenvalue weighted by molar-refractivity contribution is 0.154. The van der Waals surface area contributed by atoms with Crippen LogP contribution in [0.25, 0.3) is 22.2 Å². The molecule has 0 saturated carbocycles. The molecule has 0 atom stereocenters. The van der Waals surface area contributed by atoms with E-state index in [1.54, 1.807) is 6.20 Å². The highest BCUT2D eigenvalue weighted by Gasteiger charge is 2.12. The zero-order chi connectivity index (χ0) is 22.5. The molecule has 0 amide bonds. The number of rotatable bonds is 8. The second-order valence-electron chi connectivity index (χ2n) is 8.67. The minimum absolute atomic E-state index is 0.591. The van der Waals surface area contributed by atoms with Gasteiger partial charge in [-0.25, -0.2) is 4.98 Å². The lowest BCUT2D eigenvalue weighted by atomic mass is 10.1. The third-order valence-corrected chi connectivity index (χ3v) is 6.17. The van der Waals surface area contributed by atoms with Crippen molar-refractivity contribution in [2.45, 2.75) is 6.42 Å². The van der Waals surface area contributed by atoms with Gasteiger partial charge in [0.2, 0.25) is 5.95 Å². The van der Waals surface area contributed by atoms with Gasteiger partial charge in [-0.2, -0.15) is 4.98 Å². The summed E-state index contributed by atoms with van der Waals surface area (Å²) in [6.07, 6.45) is 2.89. The van der Waals surface area contributed by atoms with Crippen molar-refractivity contribution in [1.82, 2.24) is 24.8 Å². The Labute approximate surface area is 194 Å². The monoisotopic (exact) mass is 441 g/mol. The van der Waals surface area contributed by atoms with E-state index >= 15 is 0 Å². The summed E-state index contributed by atoms with van der Waals surface area (Å²) in [5.41, 5.74) is 4.31. The lowest BCUT2D eigenvalue weighted by Crippen LogP contribution is -2.44. The van der Waals surface area contributed by atoms with Gasteiger partial charge in [0, 0.05) is 66.8 Å². The maximum absolute atomic E-state index is 4.64. The molecule has 2 aromatic heterocycles. The van der Waals surface area contributed by atoms with Gasteiger partial charge in [0.05, 0.1) is 0 Å². The molecule has 0 aliphatic carbocycles. The number of piperazine rings is 1. The molecule has 3 heterocycles. The van der Waals surface area contributed by atoms with Gasteiger partial charge < -0.3 is 25.4 Å². The molecule has 1 fully saturated rings. The fourth-order valence-corrected chi connectivity index (χ4v) is 4.23. The number of aromatic amines is 1. The molecule has 7 nitrogen and oxygen atoms in total. The minimum Gasteiger partial charge on any atom is -0.370 e. The third-order valence-electron chi connectivity index (χ3n) is 6.17. The van der Waals surface area contributed by atoms with Crippen molar-refractivity contribution >= 4 is 28.4 Å². The van der Waals surface area contributed by atoms with E-state index in [9.17, 15) is 0 Å². The fourth-order valence-electron chi connectivity index (χ4n) is 4.23. The van der Waals surface area contributed by atoms with E-state index in [1.165, 1.54) is 5.39 Å². The summed E-state index contributed by atoms with van der Waals surface area (Å²) in [7, 11) is 2.19. The largest absolute Gasteiger partial charge is 0.370 e. The summed E-state index contributed by atoms with van der Waals surface area (Å²) >= 11 is 0. The van der Waals surface area contributed by atoms with Crippen LogP contribution in [-0.4, -0.2) is 71.1 Å². The average Bonchev–Trinajstić information content (AvgIpc) is 3.28. The average molecular weight is 442 g/mol. The van der Waals surface area contributed by atoms with Crippen LogP contribution in [-0.2, 0) is 0 Å². The zero-order valence-electron chi connectivity index (χ0n) is 19.1. The number of nitrogens with zero attached hydrogens (tertiary/aromatic N) is 4. The topological polar surface area (TPSA) is 72.1 Å². The quantitative estimate of drug-likeness (QED) is 0.352. The highest BCUT2D eigenvalue weighted by atomic mass is 15.2. The predicted octanol–water partition coefficient (Wildman–Crippen LogP) is 4.42. The molecule has 1 aliphatic heterocycles. The first-order chi connectivity index (χ1) is 16.2. The number of likely N-dealkylation sites (N-methyl/N-ethyl adjacent to an activating group) is 1. The number of hydrogen-bond donors (Lipinski definition) is 3. The number of nitrogens with one attached hydrogen (secondary N) is 3. The van der Waals surface area contributed by atoms with Crippen LogP contribution in [0.4, 0.5) is 17.5 Å². The van der Waals surface area contributed by atoms with Gasteiger partial charge in [-0.1, -0.05) is 30.3 Å². The fraction of sp³-hybridized carbons (Fsp3) is 0.308. The molecule has 0 radical (unpaired) electrons. The van der Waals surface area contributed by atoms with Crippen LogP contribution in [0.5, 0.6) is 0 Å². The molecular weight excluding hydrogens is 410 g/mol. The number of benzene rings is 2. The summed E-state index contributed by atoms with van der Waals surface area (Å²) in [4.78, 5) is 17.5. The zero-order valence-corrected chi connectivity index (χ0v) is 19.1. The van der Waals surface area contributed by atoms with E-state index in [0.29, 0.717) is 5.95 Å². The standard InChI is InChI=1S/C26H31N7/c1-32-14-16-33(17-15-32)13-5-11-27-25-10-12-28-26(31-25)29-22-8-4-7-20(18-22)24-19-21-6-2-3-9-23(21)30-24/h2-4,6-10,12,18-19,30H,5,11,13-17H2,1H3,(H2,27,28,29,31). The highest BCUT2D eigenvalue weighted by molar-refractivity contribution is 5.86. The van der Waals surface area contributed by atoms with Crippen molar-refractivity contribution in [3.63, 3.8) is 0 Å². The van der Waals surface area contributed by atoms with E-state index in [1.807, 2.05) is 24.3 Å². The Morgan fingerprint density at radius 2 is 1.85 bits per heavy atom. The van der Waals surface area contributed by atoms with E-state index in [2.05, 4.69) is 78.8 Å². The first-order valence-electron chi connectivity index (χ1n) is 11.7. The molecule has 0 spiro atoms. The van der Waals surface area contributed by atoms with Crippen molar-refractivity contribution in [3.05, 3.63) is 66.9 Å². The minimum atomic E-state index is 0.591. The van der Waals surface area contributed by atoms with Crippen molar-refractivity contribution in [3.8, 4) is 11.3 Å². The molecule has 0 unspecified atom stereocenters. The Hall–Kier alpha value is -3.42. The Bertz CT molecular complexity index is 1160. The maximum atomic E-state index is 4.64. The molecule has 7 heteroatoms. The van der Waals surface area contributed by atoms with Gasteiger partial charge in [0.1, 0.15) is 5.82 Å². The third kappa shape index (κ3) is 5.50. The van der Waals surface area contributed by atoms with E-state index in [4.69, 9.17) is 0 Å². The van der Waals surface area contributed by atoms with Gasteiger partial charge in [-0.15, -0.1) is 0 Å². The second kappa shape index (κ2) is 10.0. The lowest BCUT2D eigenvalue weighted by Gasteiger charge is -2.32. The molecule has 1 aliphatic rings. The van der Waals surface area contributed by atoms with Crippen LogP contribution in [0.15, 0.2) is 66.9 Å². The highest BCUT2D eigenvalue weighted by Crippen LogP contribution is 2.27. The molecule has 170 valence electrons. The summed E-state index contributed by atoms with van der Waals surface area (Å²) < 4.78 is 0. The number of para-hydroxylation sites is 1. The van der Waals surface area contributed by atoms with Crippen LogP contribution in [0.1, 0.15) is 6.42 Å². The first-order valence-corrected chi connectivity index (χ1v) is 11.7. The molecule has 1 saturated heterocycles. The second-order valence-corrected chi connectivity index (χ2v) is 8.67. The van der Waals surface area contributed by atoms with Crippen molar-refractivity contribution < 1.29 is 0 Å².